The van der Waals surface area contributed by atoms with E-state index in [2.05, 4.69) is 34.9 Å². The monoisotopic (exact) mass is 480 g/mol. The third-order valence-electron chi connectivity index (χ3n) is 7.30. The number of nitrogens with one attached hydrogen (secondary N) is 2. The third kappa shape index (κ3) is 4.39. The van der Waals surface area contributed by atoms with Gasteiger partial charge in [0.15, 0.2) is 0 Å². The molecule has 2 aromatic rings. The van der Waals surface area contributed by atoms with Gasteiger partial charge in [-0.2, -0.15) is 11.8 Å². The lowest BCUT2D eigenvalue weighted by atomic mass is 9.98. The third-order valence-corrected chi connectivity index (χ3v) is 8.25. The fraction of sp³-hybridized carbons (Fsp3) is 0.423. The second kappa shape index (κ2) is 9.33. The van der Waals surface area contributed by atoms with Crippen LogP contribution in [0.2, 0.25) is 0 Å². The zero-order valence-electron chi connectivity index (χ0n) is 18.8. The van der Waals surface area contributed by atoms with Crippen LogP contribution in [0.25, 0.3) is 11.1 Å². The zero-order chi connectivity index (χ0) is 23.7. The van der Waals surface area contributed by atoms with E-state index in [9.17, 15) is 19.5 Å². The van der Waals surface area contributed by atoms with Gasteiger partial charge in [-0.1, -0.05) is 48.5 Å². The number of ether oxygens (including phenoxy) is 1. The second-order valence-corrected chi connectivity index (χ2v) is 10.5. The lowest BCUT2D eigenvalue weighted by Crippen LogP contribution is -2.36. The van der Waals surface area contributed by atoms with E-state index in [0.717, 1.165) is 12.8 Å². The lowest BCUT2D eigenvalue weighted by Gasteiger charge is -2.16. The average Bonchev–Trinajstić information content (AvgIpc) is 3.26. The summed E-state index contributed by atoms with van der Waals surface area (Å²) in [5.74, 6) is 0.292. The number of rotatable bonds is 9. The molecule has 7 nitrogen and oxygen atoms in total. The number of carboxylic acids is 1. The first kappa shape index (κ1) is 22.8. The molecule has 3 aliphatic rings. The fourth-order valence-electron chi connectivity index (χ4n) is 5.57. The first-order chi connectivity index (χ1) is 16.5. The van der Waals surface area contributed by atoms with Crippen molar-refractivity contribution in [3.8, 4) is 11.1 Å². The SMILES string of the molecule is O=C(CSCCNC(=O)OCC1c2ccccc2-c2ccccc21)N[C@H]1C[C@@H]2C[C@]2(C(=O)O)C1. The minimum Gasteiger partial charge on any atom is -0.481 e. The number of benzene rings is 2. The smallest absolute Gasteiger partial charge is 0.407 e. The molecule has 3 aliphatic carbocycles. The quantitative estimate of drug-likeness (QED) is 0.474. The number of aliphatic carboxylic acids is 1. The van der Waals surface area contributed by atoms with Gasteiger partial charge in [0.2, 0.25) is 5.91 Å². The maximum Gasteiger partial charge on any atom is 0.407 e. The van der Waals surface area contributed by atoms with Crippen molar-refractivity contribution in [1.82, 2.24) is 10.6 Å². The highest BCUT2D eigenvalue weighted by Crippen LogP contribution is 2.63. The maximum absolute atomic E-state index is 12.2. The molecule has 34 heavy (non-hydrogen) atoms. The van der Waals surface area contributed by atoms with Crippen molar-refractivity contribution in [1.29, 1.82) is 0 Å². The molecule has 0 unspecified atom stereocenters. The average molecular weight is 481 g/mol. The van der Waals surface area contributed by atoms with Gasteiger partial charge in [0.1, 0.15) is 6.61 Å². The summed E-state index contributed by atoms with van der Waals surface area (Å²) in [6.07, 6.45) is 1.57. The summed E-state index contributed by atoms with van der Waals surface area (Å²) < 4.78 is 5.51. The van der Waals surface area contributed by atoms with Crippen LogP contribution < -0.4 is 10.6 Å². The van der Waals surface area contributed by atoms with Crippen LogP contribution in [0.5, 0.6) is 0 Å². The van der Waals surface area contributed by atoms with Gasteiger partial charge in [-0.25, -0.2) is 4.79 Å². The Balaban J connectivity index is 0.994. The molecule has 2 fully saturated rings. The minimum absolute atomic E-state index is 0.0260. The maximum atomic E-state index is 12.2. The molecule has 0 radical (unpaired) electrons. The summed E-state index contributed by atoms with van der Waals surface area (Å²) in [6.45, 7) is 0.678. The number of carbonyl (C=O) groups excluding carboxylic acids is 2. The number of fused-ring (bicyclic) bond motifs is 4. The molecular formula is C26H28N2O5S. The minimum atomic E-state index is -0.733. The molecule has 0 saturated heterocycles. The Labute approximate surface area is 202 Å². The van der Waals surface area contributed by atoms with Crippen molar-refractivity contribution in [2.24, 2.45) is 11.3 Å². The highest BCUT2D eigenvalue weighted by atomic mass is 32.2. The molecule has 0 aliphatic heterocycles. The molecule has 0 spiro atoms. The van der Waals surface area contributed by atoms with Crippen LogP contribution in [0.3, 0.4) is 0 Å². The Morgan fingerprint density at radius 3 is 2.35 bits per heavy atom. The van der Waals surface area contributed by atoms with Crippen molar-refractivity contribution in [3.63, 3.8) is 0 Å². The first-order valence-electron chi connectivity index (χ1n) is 11.7. The Morgan fingerprint density at radius 1 is 1.03 bits per heavy atom. The topological polar surface area (TPSA) is 105 Å². The van der Waals surface area contributed by atoms with Crippen LogP contribution in [-0.2, 0) is 14.3 Å². The number of alkyl carbamates (subject to hydrolysis) is 1. The molecule has 0 bridgehead atoms. The fourth-order valence-corrected chi connectivity index (χ4v) is 6.23. The first-order valence-corrected chi connectivity index (χ1v) is 12.8. The number of thioether (sulfide) groups is 1. The lowest BCUT2D eigenvalue weighted by molar-refractivity contribution is -0.143. The summed E-state index contributed by atoms with van der Waals surface area (Å²) >= 11 is 1.43. The second-order valence-electron chi connectivity index (χ2n) is 9.37. The van der Waals surface area contributed by atoms with E-state index in [1.165, 1.54) is 34.0 Å². The van der Waals surface area contributed by atoms with Gasteiger partial charge in [0.25, 0.3) is 0 Å². The van der Waals surface area contributed by atoms with E-state index in [-0.39, 0.29) is 36.1 Å². The predicted octanol–water partition coefficient (Wildman–Crippen LogP) is 3.63. The van der Waals surface area contributed by atoms with Crippen molar-refractivity contribution in [3.05, 3.63) is 59.7 Å². The largest absolute Gasteiger partial charge is 0.481 e. The van der Waals surface area contributed by atoms with Crippen molar-refractivity contribution >= 4 is 29.7 Å². The molecule has 2 amide bonds. The van der Waals surface area contributed by atoms with E-state index in [1.807, 2.05) is 24.3 Å². The van der Waals surface area contributed by atoms with Gasteiger partial charge in [-0.3, -0.25) is 9.59 Å². The Kier molecular flexibility index (Phi) is 6.25. The molecule has 3 atom stereocenters. The highest BCUT2D eigenvalue weighted by Gasteiger charge is 2.65. The number of carboxylic acid groups (broad SMARTS) is 1. The molecule has 2 saturated carbocycles. The molecular weight excluding hydrogens is 452 g/mol. The van der Waals surface area contributed by atoms with Gasteiger partial charge >= 0.3 is 12.1 Å². The molecule has 5 rings (SSSR count). The van der Waals surface area contributed by atoms with Crippen molar-refractivity contribution in [2.45, 2.75) is 31.2 Å². The van der Waals surface area contributed by atoms with Gasteiger partial charge in [-0.15, -0.1) is 0 Å². The molecule has 2 aromatic carbocycles. The molecule has 8 heteroatoms. The molecule has 178 valence electrons. The standard InChI is InChI=1S/C26H28N2O5S/c29-23(28-17-11-16-12-26(16,13-17)24(30)31)15-34-10-9-27-25(32)33-14-22-20-7-3-1-5-18(20)19-6-2-4-8-21(19)22/h1-8,16-17,22H,9-15H2,(H,27,32)(H,28,29)(H,30,31)/t16-,17+,26+/m1/s1. The Bertz CT molecular complexity index is 1080. The van der Waals surface area contributed by atoms with Gasteiger partial charge in [0, 0.05) is 24.3 Å². The van der Waals surface area contributed by atoms with E-state index in [0.29, 0.717) is 18.7 Å². The van der Waals surface area contributed by atoms with Gasteiger partial charge in [0.05, 0.1) is 11.2 Å². The van der Waals surface area contributed by atoms with Crippen LogP contribution in [-0.4, -0.2) is 53.8 Å². The normalized spacial score (nSPS) is 24.0. The predicted molar refractivity (Wildman–Crippen MR) is 130 cm³/mol. The Hall–Kier alpha value is -3.00. The number of amides is 2. The summed E-state index contributed by atoms with van der Waals surface area (Å²) in [6, 6.07) is 16.4. The molecule has 0 heterocycles. The van der Waals surface area contributed by atoms with E-state index >= 15 is 0 Å². The van der Waals surface area contributed by atoms with Crippen LogP contribution in [0.1, 0.15) is 36.3 Å². The van der Waals surface area contributed by atoms with Crippen molar-refractivity contribution in [2.75, 3.05) is 24.7 Å². The van der Waals surface area contributed by atoms with E-state index in [4.69, 9.17) is 4.74 Å². The Morgan fingerprint density at radius 2 is 1.71 bits per heavy atom. The number of hydrogen-bond donors (Lipinski definition) is 3. The van der Waals surface area contributed by atoms with Crippen LogP contribution >= 0.6 is 11.8 Å². The van der Waals surface area contributed by atoms with Crippen LogP contribution in [0, 0.1) is 11.3 Å². The van der Waals surface area contributed by atoms with Crippen LogP contribution in [0.4, 0.5) is 4.79 Å². The summed E-state index contributed by atoms with van der Waals surface area (Å²) in [5, 5.41) is 15.0. The van der Waals surface area contributed by atoms with Crippen LogP contribution in [0.15, 0.2) is 48.5 Å². The number of hydrogen-bond acceptors (Lipinski definition) is 5. The number of carbonyl (C=O) groups is 3. The van der Waals surface area contributed by atoms with Gasteiger partial charge < -0.3 is 20.5 Å². The summed E-state index contributed by atoms with van der Waals surface area (Å²) in [4.78, 5) is 35.7. The van der Waals surface area contributed by atoms with Crippen molar-refractivity contribution < 1.29 is 24.2 Å². The molecule has 0 aromatic heterocycles. The van der Waals surface area contributed by atoms with E-state index < -0.39 is 17.5 Å². The van der Waals surface area contributed by atoms with E-state index in [1.54, 1.807) is 0 Å². The summed E-state index contributed by atoms with van der Waals surface area (Å²) in [7, 11) is 0. The van der Waals surface area contributed by atoms with Gasteiger partial charge in [-0.05, 0) is 47.4 Å². The highest BCUT2D eigenvalue weighted by molar-refractivity contribution is 7.99. The zero-order valence-corrected chi connectivity index (χ0v) is 19.6. The summed E-state index contributed by atoms with van der Waals surface area (Å²) in [5.41, 5.74) is 4.14. The molecule has 3 N–H and O–H groups in total.